The lowest BCUT2D eigenvalue weighted by Crippen LogP contribution is -2.24. The van der Waals surface area contributed by atoms with E-state index in [2.05, 4.69) is 10.3 Å². The summed E-state index contributed by atoms with van der Waals surface area (Å²) in [5.41, 5.74) is 0.176. The second kappa shape index (κ2) is 10.3. The highest BCUT2D eigenvalue weighted by molar-refractivity contribution is 6.36. The van der Waals surface area contributed by atoms with E-state index in [0.717, 1.165) is 12.3 Å². The molecule has 0 unspecified atom stereocenters. The first-order chi connectivity index (χ1) is 15.8. The van der Waals surface area contributed by atoms with Crippen LogP contribution in [0.25, 0.3) is 11.1 Å². The minimum Gasteiger partial charge on any atom is -0.456 e. The maximum atomic E-state index is 12.9. The van der Waals surface area contributed by atoms with E-state index in [4.69, 9.17) is 27.9 Å². The number of carbonyl (C=O) groups is 1. The summed E-state index contributed by atoms with van der Waals surface area (Å²) in [4.78, 5) is 16.7. The van der Waals surface area contributed by atoms with Crippen LogP contribution >= 0.6 is 23.2 Å². The van der Waals surface area contributed by atoms with Crippen LogP contribution < -0.4 is 5.32 Å². The molecule has 0 bridgehead atoms. The van der Waals surface area contributed by atoms with Crippen LogP contribution in [-0.2, 0) is 17.5 Å². The molecule has 3 aromatic rings. The van der Waals surface area contributed by atoms with E-state index in [9.17, 15) is 18.0 Å². The number of hydrogen-bond acceptors (Lipinski definition) is 4. The van der Waals surface area contributed by atoms with Gasteiger partial charge < -0.3 is 14.6 Å². The van der Waals surface area contributed by atoms with E-state index in [1.807, 2.05) is 10.8 Å². The van der Waals surface area contributed by atoms with Crippen LogP contribution in [0.5, 0.6) is 0 Å². The summed E-state index contributed by atoms with van der Waals surface area (Å²) in [7, 11) is 0. The Hall–Kier alpha value is -2.71. The van der Waals surface area contributed by atoms with Gasteiger partial charge in [0.05, 0.1) is 11.1 Å². The SMILES string of the molecule is CC(C)(C)OC(=O)c1cn(CCCNc2ccc(C(F)(F)F)cn2)cc1-c1ccc(Cl)cc1Cl. The predicted octanol–water partition coefficient (Wildman–Crippen LogP) is 7.33. The van der Waals surface area contributed by atoms with Crippen LogP contribution in [0.2, 0.25) is 10.0 Å². The van der Waals surface area contributed by atoms with Crippen molar-refractivity contribution in [3.05, 3.63) is 70.1 Å². The van der Waals surface area contributed by atoms with Crippen molar-refractivity contribution in [3.63, 3.8) is 0 Å². The van der Waals surface area contributed by atoms with E-state index in [1.54, 1.807) is 45.2 Å². The van der Waals surface area contributed by atoms with E-state index in [1.165, 1.54) is 6.07 Å². The Morgan fingerprint density at radius 1 is 1.09 bits per heavy atom. The molecular weight excluding hydrogens is 490 g/mol. The zero-order valence-electron chi connectivity index (χ0n) is 18.8. The monoisotopic (exact) mass is 513 g/mol. The molecule has 0 amide bonds. The van der Waals surface area contributed by atoms with Crippen molar-refractivity contribution in [2.75, 3.05) is 11.9 Å². The lowest BCUT2D eigenvalue weighted by Gasteiger charge is -2.19. The Balaban J connectivity index is 1.72. The maximum Gasteiger partial charge on any atom is 0.417 e. The fraction of sp³-hybridized carbons (Fsp3) is 0.333. The van der Waals surface area contributed by atoms with E-state index >= 15 is 0 Å². The van der Waals surface area contributed by atoms with E-state index in [-0.39, 0.29) is 0 Å². The summed E-state index contributed by atoms with van der Waals surface area (Å²) in [6.45, 7) is 6.37. The van der Waals surface area contributed by atoms with Crippen LogP contribution in [0.1, 0.15) is 43.1 Å². The first-order valence-corrected chi connectivity index (χ1v) is 11.2. The number of esters is 1. The van der Waals surface area contributed by atoms with Crippen LogP contribution in [0.4, 0.5) is 19.0 Å². The summed E-state index contributed by atoms with van der Waals surface area (Å²) in [6.07, 6.45) is 0.508. The van der Waals surface area contributed by atoms with Crippen LogP contribution in [-0.4, -0.2) is 27.7 Å². The first kappa shape index (κ1) is 25.9. The molecule has 0 spiro atoms. The largest absolute Gasteiger partial charge is 0.456 e. The maximum absolute atomic E-state index is 12.9. The molecule has 2 heterocycles. The molecule has 0 saturated carbocycles. The number of aryl methyl sites for hydroxylation is 1. The van der Waals surface area contributed by atoms with Crippen LogP contribution in [0, 0.1) is 0 Å². The summed E-state index contributed by atoms with van der Waals surface area (Å²) in [6, 6.07) is 7.32. The van der Waals surface area contributed by atoms with Gasteiger partial charge in [0.2, 0.25) is 0 Å². The van der Waals surface area contributed by atoms with E-state index in [0.29, 0.717) is 52.1 Å². The Morgan fingerprint density at radius 2 is 1.82 bits per heavy atom. The summed E-state index contributed by atoms with van der Waals surface area (Å²) in [5, 5.41) is 3.89. The number of ether oxygens (including phenoxy) is 1. The van der Waals surface area contributed by atoms with Crippen molar-refractivity contribution in [2.24, 2.45) is 0 Å². The van der Waals surface area contributed by atoms with E-state index < -0.39 is 23.3 Å². The van der Waals surface area contributed by atoms with Gasteiger partial charge in [-0.3, -0.25) is 0 Å². The third-order valence-corrected chi connectivity index (χ3v) is 5.26. The van der Waals surface area contributed by atoms with Gasteiger partial charge in [-0.05, 0) is 51.5 Å². The molecule has 0 aliphatic heterocycles. The molecular formula is C24H24Cl2F3N3O2. The minimum absolute atomic E-state index is 0.351. The number of benzene rings is 1. The van der Waals surface area contributed by atoms with Gasteiger partial charge in [-0.1, -0.05) is 29.3 Å². The predicted molar refractivity (Wildman–Crippen MR) is 127 cm³/mol. The highest BCUT2D eigenvalue weighted by atomic mass is 35.5. The van der Waals surface area contributed by atoms with Gasteiger partial charge in [0.25, 0.3) is 0 Å². The standard InChI is InChI=1S/C24H24Cl2F3N3O2/c1-23(2,3)34-22(33)19-14-32(13-18(19)17-7-6-16(25)11-20(17)26)10-4-9-30-21-8-5-15(12-31-21)24(27,28)29/h5-8,11-14H,4,9-10H2,1-3H3,(H,30,31). The second-order valence-electron chi connectivity index (χ2n) is 8.66. The van der Waals surface area contributed by atoms with Crippen molar-refractivity contribution in [1.29, 1.82) is 0 Å². The lowest BCUT2D eigenvalue weighted by atomic mass is 10.0. The van der Waals surface area contributed by atoms with Gasteiger partial charge in [0.15, 0.2) is 0 Å². The molecule has 0 atom stereocenters. The molecule has 1 N–H and O–H groups in total. The van der Waals surface area contributed by atoms with Gasteiger partial charge in [0.1, 0.15) is 11.4 Å². The van der Waals surface area contributed by atoms with Crippen LogP contribution in [0.3, 0.4) is 0 Å². The number of hydrogen-bond donors (Lipinski definition) is 1. The van der Waals surface area contributed by atoms with Crippen molar-refractivity contribution in [1.82, 2.24) is 9.55 Å². The zero-order chi connectivity index (χ0) is 25.1. The number of halogens is 5. The van der Waals surface area contributed by atoms with Crippen molar-refractivity contribution >= 4 is 35.0 Å². The first-order valence-electron chi connectivity index (χ1n) is 10.5. The normalized spacial score (nSPS) is 12.0. The summed E-state index contributed by atoms with van der Waals surface area (Å²) < 4.78 is 45.4. The van der Waals surface area contributed by atoms with Crippen molar-refractivity contribution in [3.8, 4) is 11.1 Å². The zero-order valence-corrected chi connectivity index (χ0v) is 20.4. The van der Waals surface area contributed by atoms with Gasteiger partial charge in [-0.25, -0.2) is 9.78 Å². The van der Waals surface area contributed by atoms with Crippen molar-refractivity contribution in [2.45, 2.75) is 45.5 Å². The molecule has 5 nitrogen and oxygen atoms in total. The number of aromatic nitrogens is 2. The third kappa shape index (κ3) is 6.90. The second-order valence-corrected chi connectivity index (χ2v) is 9.50. The number of rotatable bonds is 7. The third-order valence-electron chi connectivity index (χ3n) is 4.71. The Kier molecular flexibility index (Phi) is 7.83. The quantitative estimate of drug-likeness (QED) is 0.265. The molecule has 10 heteroatoms. The van der Waals surface area contributed by atoms with Gasteiger partial charge >= 0.3 is 12.1 Å². The molecule has 1 aromatic carbocycles. The number of alkyl halides is 3. The number of pyridine rings is 1. The molecule has 34 heavy (non-hydrogen) atoms. The van der Waals surface area contributed by atoms with Gasteiger partial charge in [0, 0.05) is 52.9 Å². The van der Waals surface area contributed by atoms with Crippen molar-refractivity contribution < 1.29 is 22.7 Å². The molecule has 0 saturated heterocycles. The molecule has 0 aliphatic carbocycles. The highest BCUT2D eigenvalue weighted by Gasteiger charge is 2.30. The smallest absolute Gasteiger partial charge is 0.417 e. The Labute approximate surface area is 205 Å². The number of nitrogens with one attached hydrogen (secondary N) is 1. The van der Waals surface area contributed by atoms with Gasteiger partial charge in [-0.15, -0.1) is 0 Å². The topological polar surface area (TPSA) is 56.1 Å². The number of carbonyl (C=O) groups excluding carboxylic acids is 1. The molecule has 2 aromatic heterocycles. The fourth-order valence-corrected chi connectivity index (χ4v) is 3.71. The molecule has 0 radical (unpaired) electrons. The summed E-state index contributed by atoms with van der Waals surface area (Å²) >= 11 is 12.4. The molecule has 182 valence electrons. The van der Waals surface area contributed by atoms with Gasteiger partial charge in [-0.2, -0.15) is 13.2 Å². The molecule has 0 aliphatic rings. The average molecular weight is 514 g/mol. The Morgan fingerprint density at radius 3 is 2.41 bits per heavy atom. The number of anilines is 1. The summed E-state index contributed by atoms with van der Waals surface area (Å²) in [5.74, 6) is -0.122. The number of nitrogens with zero attached hydrogens (tertiary/aromatic N) is 2. The molecule has 0 fully saturated rings. The lowest BCUT2D eigenvalue weighted by molar-refractivity contribution is -0.137. The van der Waals surface area contributed by atoms with Crippen LogP contribution in [0.15, 0.2) is 48.9 Å². The average Bonchev–Trinajstić information content (AvgIpc) is 3.14. The minimum atomic E-state index is -4.42. The molecule has 3 rings (SSSR count). The highest BCUT2D eigenvalue weighted by Crippen LogP contribution is 2.34. The fourth-order valence-electron chi connectivity index (χ4n) is 3.20. The Bertz CT molecular complexity index is 1150.